The molecule has 3 atom stereocenters. The number of nitrogens with zero attached hydrogens (tertiary/aromatic N) is 1. The molecule has 2 aliphatic heterocycles. The average molecular weight is 674 g/mol. The van der Waals surface area contributed by atoms with Crippen molar-refractivity contribution in [3.8, 4) is 11.5 Å². The Labute approximate surface area is 278 Å². The van der Waals surface area contributed by atoms with Gasteiger partial charge in [0, 0.05) is 16.5 Å². The fraction of sp³-hybridized carbons (Fsp3) is 0.265. The molecule has 0 radical (unpaired) electrons. The number of anilines is 2. The number of ether oxygens (including phenoxy) is 3. The summed E-state index contributed by atoms with van der Waals surface area (Å²) < 4.78 is 16.8. The number of nitrogens with one attached hydrogen (secondary N) is 2. The molecule has 242 valence electrons. The molecule has 1 aromatic heterocycles. The number of carbonyl (C=O) groups is 4. The van der Waals surface area contributed by atoms with Gasteiger partial charge >= 0.3 is 10.8 Å². The zero-order valence-electron chi connectivity index (χ0n) is 25.7. The quantitative estimate of drug-likeness (QED) is 0.173. The van der Waals surface area contributed by atoms with Gasteiger partial charge in [-0.2, -0.15) is 0 Å². The monoisotopic (exact) mass is 673 g/mol. The van der Waals surface area contributed by atoms with Gasteiger partial charge in [0.15, 0.2) is 18.1 Å². The minimum atomic E-state index is -0.822. The summed E-state index contributed by atoms with van der Waals surface area (Å²) in [5.41, 5.74) is 3.01. The van der Waals surface area contributed by atoms with E-state index in [4.69, 9.17) is 14.2 Å². The van der Waals surface area contributed by atoms with Crippen molar-refractivity contribution in [2.75, 3.05) is 30.0 Å². The maximum atomic E-state index is 14.1. The summed E-state index contributed by atoms with van der Waals surface area (Å²) in [5.74, 6) is -2.46. The number of benzene rings is 3. The lowest BCUT2D eigenvalue weighted by Gasteiger charge is -2.30. The number of carbonyl (C=O) groups excluding carboxylic acids is 4. The van der Waals surface area contributed by atoms with Crippen LogP contribution in [-0.2, 0) is 19.1 Å². The summed E-state index contributed by atoms with van der Waals surface area (Å²) in [6.07, 6.45) is 0. The summed E-state index contributed by atoms with van der Waals surface area (Å²) in [4.78, 5) is 69.5. The van der Waals surface area contributed by atoms with Gasteiger partial charge in [-0.05, 0) is 74.9 Å². The Morgan fingerprint density at radius 2 is 1.64 bits per heavy atom. The predicted octanol–water partition coefficient (Wildman–Crippen LogP) is 5.13. The molecule has 11 nitrogen and oxygen atoms in total. The third-order valence-electron chi connectivity index (χ3n) is 7.78. The molecule has 47 heavy (non-hydrogen) atoms. The van der Waals surface area contributed by atoms with Crippen LogP contribution in [0.1, 0.15) is 46.1 Å². The van der Waals surface area contributed by atoms with Crippen LogP contribution in [0.4, 0.5) is 11.4 Å². The fourth-order valence-electron chi connectivity index (χ4n) is 5.67. The van der Waals surface area contributed by atoms with Crippen LogP contribution >= 0.6 is 23.1 Å². The number of H-pyrrole nitrogens is 1. The Balaban J connectivity index is 1.29. The van der Waals surface area contributed by atoms with Crippen LogP contribution in [0.25, 0.3) is 0 Å². The first-order valence-electron chi connectivity index (χ1n) is 15.0. The molecule has 0 bridgehead atoms. The highest BCUT2D eigenvalue weighted by Gasteiger charge is 2.56. The summed E-state index contributed by atoms with van der Waals surface area (Å²) in [5, 5.41) is 2.54. The molecular weight excluding hydrogens is 643 g/mol. The van der Waals surface area contributed by atoms with Crippen molar-refractivity contribution in [1.82, 2.24) is 4.98 Å². The Bertz CT molecular complexity index is 1900. The lowest BCUT2D eigenvalue weighted by molar-refractivity contribution is -0.122. The van der Waals surface area contributed by atoms with E-state index in [2.05, 4.69) is 10.3 Å². The minimum absolute atomic E-state index is 0.222. The van der Waals surface area contributed by atoms with Crippen LogP contribution in [-0.4, -0.2) is 53.7 Å². The first kappa shape index (κ1) is 32.1. The third kappa shape index (κ3) is 6.41. The molecule has 0 unspecified atom stereocenters. The Kier molecular flexibility index (Phi) is 9.19. The van der Waals surface area contributed by atoms with Crippen LogP contribution < -0.4 is 24.6 Å². The molecule has 3 amide bonds. The molecule has 6 rings (SSSR count). The van der Waals surface area contributed by atoms with Gasteiger partial charge in [0.2, 0.25) is 11.8 Å². The van der Waals surface area contributed by atoms with E-state index in [0.717, 1.165) is 21.8 Å². The summed E-state index contributed by atoms with van der Waals surface area (Å²) in [7, 11) is 0. The number of thiazole rings is 1. The lowest BCUT2D eigenvalue weighted by atomic mass is 9.83. The fourth-order valence-corrected chi connectivity index (χ4v) is 8.19. The maximum absolute atomic E-state index is 14.1. The highest BCUT2D eigenvalue weighted by atomic mass is 32.2. The van der Waals surface area contributed by atoms with E-state index in [-0.39, 0.29) is 24.0 Å². The second-order valence-corrected chi connectivity index (χ2v) is 13.0. The molecule has 2 N–H and O–H groups in total. The number of esters is 1. The molecule has 0 spiro atoms. The normalized spacial score (nSPS) is 18.4. The van der Waals surface area contributed by atoms with Crippen molar-refractivity contribution in [3.05, 3.63) is 98.0 Å². The smallest absolute Gasteiger partial charge is 0.338 e. The number of fused-ring (bicyclic) bond motifs is 2. The van der Waals surface area contributed by atoms with E-state index in [1.54, 1.807) is 37.3 Å². The topological polar surface area (TPSA) is 144 Å². The second kappa shape index (κ2) is 13.5. The zero-order chi connectivity index (χ0) is 33.2. The standard InChI is InChI=1S/C34H31N3O8S2/c1-4-43-24-16-20(10-15-23(24)45-17-25(38)35-21-11-6-18(3)7-12-21)26-27-29(46-30-28(26)47-34(42)36-30)32(40)37(31(27)39)22-13-8-19(9-14-22)33(41)44-5-2/h6-16,26-27,29H,4-5,17H2,1-3H3,(H,35,38)(H,36,42)/t26-,27-,29+/m0/s1. The molecule has 1 fully saturated rings. The van der Waals surface area contributed by atoms with E-state index in [9.17, 15) is 24.0 Å². The van der Waals surface area contributed by atoms with Crippen molar-refractivity contribution >= 4 is 58.2 Å². The van der Waals surface area contributed by atoms with Gasteiger partial charge in [0.1, 0.15) is 5.25 Å². The molecule has 3 heterocycles. The molecule has 3 aromatic carbocycles. The largest absolute Gasteiger partial charge is 0.490 e. The summed E-state index contributed by atoms with van der Waals surface area (Å²) >= 11 is 2.17. The molecule has 0 saturated carbocycles. The van der Waals surface area contributed by atoms with Gasteiger partial charge < -0.3 is 24.5 Å². The molecule has 1 saturated heterocycles. The van der Waals surface area contributed by atoms with Gasteiger partial charge in [-0.3, -0.25) is 19.2 Å². The van der Waals surface area contributed by atoms with Crippen molar-refractivity contribution < 1.29 is 33.4 Å². The molecule has 4 aromatic rings. The number of hydrogen-bond donors (Lipinski definition) is 2. The van der Waals surface area contributed by atoms with E-state index < -0.39 is 34.9 Å². The van der Waals surface area contributed by atoms with E-state index in [1.807, 2.05) is 38.1 Å². The second-order valence-electron chi connectivity index (χ2n) is 10.9. The lowest BCUT2D eigenvalue weighted by Crippen LogP contribution is -2.32. The van der Waals surface area contributed by atoms with Crippen molar-refractivity contribution in [3.63, 3.8) is 0 Å². The van der Waals surface area contributed by atoms with Gasteiger partial charge in [-0.15, -0.1) is 0 Å². The van der Waals surface area contributed by atoms with Crippen LogP contribution in [0.3, 0.4) is 0 Å². The number of aryl methyl sites for hydroxylation is 1. The maximum Gasteiger partial charge on any atom is 0.338 e. The highest BCUT2D eigenvalue weighted by Crippen LogP contribution is 2.53. The number of hydrogen-bond acceptors (Lipinski definition) is 10. The summed E-state index contributed by atoms with van der Waals surface area (Å²) in [6, 6.07) is 18.7. The van der Waals surface area contributed by atoms with Crippen molar-refractivity contribution in [2.45, 2.75) is 37.0 Å². The Hall–Kier alpha value is -4.88. The third-order valence-corrected chi connectivity index (χ3v) is 10.2. The van der Waals surface area contributed by atoms with Crippen LogP contribution in [0, 0.1) is 12.8 Å². The number of thioether (sulfide) groups is 1. The SMILES string of the molecule is CCOC(=O)c1ccc(N2C(=O)[C@H]3[C@H](c4ccc(OCC(=O)Nc5ccc(C)cc5)c(OCC)c4)c4sc(=O)[nH]c4S[C@H]3C2=O)cc1. The summed E-state index contributed by atoms with van der Waals surface area (Å²) in [6.45, 7) is 5.74. The minimum Gasteiger partial charge on any atom is -0.490 e. The van der Waals surface area contributed by atoms with Gasteiger partial charge in [0.25, 0.3) is 5.91 Å². The van der Waals surface area contributed by atoms with Crippen molar-refractivity contribution in [1.29, 1.82) is 0 Å². The molecular formula is C34H31N3O8S2. The Morgan fingerprint density at radius 3 is 2.34 bits per heavy atom. The van der Waals surface area contributed by atoms with Crippen LogP contribution in [0.5, 0.6) is 11.5 Å². The van der Waals surface area contributed by atoms with Gasteiger partial charge in [-0.25, -0.2) is 9.69 Å². The number of imide groups is 1. The van der Waals surface area contributed by atoms with E-state index in [1.165, 1.54) is 23.9 Å². The van der Waals surface area contributed by atoms with E-state index >= 15 is 0 Å². The zero-order valence-corrected chi connectivity index (χ0v) is 27.4. The Morgan fingerprint density at radius 1 is 0.894 bits per heavy atom. The number of aromatic nitrogens is 1. The molecule has 13 heteroatoms. The van der Waals surface area contributed by atoms with Crippen molar-refractivity contribution in [2.24, 2.45) is 5.92 Å². The first-order chi connectivity index (χ1) is 22.7. The van der Waals surface area contributed by atoms with Gasteiger partial charge in [0.05, 0.1) is 35.4 Å². The van der Waals surface area contributed by atoms with E-state index in [0.29, 0.717) is 50.5 Å². The number of aromatic amines is 1. The predicted molar refractivity (Wildman–Crippen MR) is 178 cm³/mol. The average Bonchev–Trinajstić information content (AvgIpc) is 3.55. The number of rotatable bonds is 10. The van der Waals surface area contributed by atoms with Crippen LogP contribution in [0.15, 0.2) is 76.6 Å². The van der Waals surface area contributed by atoms with Gasteiger partial charge in [-0.1, -0.05) is 46.9 Å². The first-order valence-corrected chi connectivity index (χ1v) is 16.7. The number of amides is 3. The molecule has 2 aliphatic rings. The molecule has 0 aliphatic carbocycles. The highest BCUT2D eigenvalue weighted by molar-refractivity contribution is 8.00. The van der Waals surface area contributed by atoms with Crippen LogP contribution in [0.2, 0.25) is 0 Å².